The topological polar surface area (TPSA) is 29.5 Å². The SMILES string of the molecule is O=C(OCc1ccccc1)N1CCCC1CSc1ccc2cc(Cl)ccc2c1. The Kier molecular flexibility index (Phi) is 6.08. The zero-order chi connectivity index (χ0) is 19.3. The van der Waals surface area contributed by atoms with E-state index in [1.807, 2.05) is 53.4 Å². The molecule has 1 aliphatic heterocycles. The first-order chi connectivity index (χ1) is 13.7. The summed E-state index contributed by atoms with van der Waals surface area (Å²) in [5.74, 6) is 0.875. The normalized spacial score (nSPS) is 16.5. The number of hydrogen-bond donors (Lipinski definition) is 0. The van der Waals surface area contributed by atoms with Gasteiger partial charge in [-0.3, -0.25) is 0 Å². The molecule has 4 rings (SSSR count). The van der Waals surface area contributed by atoms with E-state index in [-0.39, 0.29) is 12.1 Å². The maximum absolute atomic E-state index is 12.5. The Labute approximate surface area is 174 Å². The lowest BCUT2D eigenvalue weighted by atomic mass is 10.1. The number of amides is 1. The van der Waals surface area contributed by atoms with E-state index in [0.717, 1.165) is 41.1 Å². The first-order valence-electron chi connectivity index (χ1n) is 9.48. The van der Waals surface area contributed by atoms with Crippen LogP contribution in [0.5, 0.6) is 0 Å². The predicted molar refractivity (Wildman–Crippen MR) is 116 cm³/mol. The summed E-state index contributed by atoms with van der Waals surface area (Å²) >= 11 is 7.85. The molecular formula is C23H22ClNO2S. The standard InChI is InChI=1S/C23H22ClNO2S/c24-20-10-8-19-14-22(11-9-18(19)13-20)28-16-21-7-4-12-25(21)23(26)27-15-17-5-2-1-3-6-17/h1-3,5-6,8-11,13-14,21H,4,7,12,15-16H2. The number of thioether (sulfide) groups is 1. The van der Waals surface area contributed by atoms with E-state index in [4.69, 9.17) is 16.3 Å². The highest BCUT2D eigenvalue weighted by Gasteiger charge is 2.29. The Morgan fingerprint density at radius 3 is 2.71 bits per heavy atom. The minimum Gasteiger partial charge on any atom is -0.445 e. The molecule has 0 N–H and O–H groups in total. The maximum atomic E-state index is 12.5. The second kappa shape index (κ2) is 8.89. The van der Waals surface area contributed by atoms with Crippen LogP contribution in [0, 0.1) is 0 Å². The smallest absolute Gasteiger partial charge is 0.410 e. The number of rotatable bonds is 5. The van der Waals surface area contributed by atoms with Crippen LogP contribution in [0.3, 0.4) is 0 Å². The fourth-order valence-electron chi connectivity index (χ4n) is 3.53. The number of carbonyl (C=O) groups is 1. The predicted octanol–water partition coefficient (Wildman–Crippen LogP) is 6.39. The molecule has 144 valence electrons. The highest BCUT2D eigenvalue weighted by atomic mass is 35.5. The van der Waals surface area contributed by atoms with E-state index in [1.165, 1.54) is 10.3 Å². The second-order valence-electron chi connectivity index (χ2n) is 6.99. The minimum absolute atomic E-state index is 0.208. The van der Waals surface area contributed by atoms with Crippen molar-refractivity contribution in [1.29, 1.82) is 0 Å². The van der Waals surface area contributed by atoms with Crippen molar-refractivity contribution in [2.75, 3.05) is 12.3 Å². The molecule has 3 aromatic rings. The Hall–Kier alpha value is -2.17. The van der Waals surface area contributed by atoms with E-state index in [0.29, 0.717) is 6.61 Å². The van der Waals surface area contributed by atoms with Gasteiger partial charge in [-0.1, -0.05) is 54.1 Å². The molecule has 1 heterocycles. The summed E-state index contributed by atoms with van der Waals surface area (Å²) in [5, 5.41) is 3.08. The van der Waals surface area contributed by atoms with Gasteiger partial charge in [-0.15, -0.1) is 11.8 Å². The lowest BCUT2D eigenvalue weighted by Crippen LogP contribution is -2.37. The summed E-state index contributed by atoms with van der Waals surface area (Å²) in [5.41, 5.74) is 1.01. The Morgan fingerprint density at radius 2 is 1.86 bits per heavy atom. The van der Waals surface area contributed by atoms with Crippen LogP contribution in [0.1, 0.15) is 18.4 Å². The fraction of sp³-hybridized carbons (Fsp3) is 0.261. The largest absolute Gasteiger partial charge is 0.445 e. The summed E-state index contributed by atoms with van der Waals surface area (Å²) in [6.45, 7) is 1.10. The van der Waals surface area contributed by atoms with Gasteiger partial charge < -0.3 is 9.64 Å². The Morgan fingerprint density at radius 1 is 1.07 bits per heavy atom. The lowest BCUT2D eigenvalue weighted by molar-refractivity contribution is 0.0950. The van der Waals surface area contributed by atoms with Gasteiger partial charge in [0.2, 0.25) is 0 Å². The average molecular weight is 412 g/mol. The van der Waals surface area contributed by atoms with Crippen molar-refractivity contribution in [2.24, 2.45) is 0 Å². The van der Waals surface area contributed by atoms with Crippen molar-refractivity contribution in [1.82, 2.24) is 4.90 Å². The summed E-state index contributed by atoms with van der Waals surface area (Å²) in [7, 11) is 0. The Bertz CT molecular complexity index is 963. The van der Waals surface area contributed by atoms with Crippen molar-refractivity contribution in [3.63, 3.8) is 0 Å². The van der Waals surface area contributed by atoms with Crippen molar-refractivity contribution in [3.05, 3.63) is 77.3 Å². The molecule has 0 saturated carbocycles. The van der Waals surface area contributed by atoms with Crippen LogP contribution in [0.2, 0.25) is 5.02 Å². The van der Waals surface area contributed by atoms with Gasteiger partial charge in [0.05, 0.1) is 0 Å². The molecule has 1 amide bonds. The summed E-state index contributed by atoms with van der Waals surface area (Å²) in [4.78, 5) is 15.6. The van der Waals surface area contributed by atoms with Crippen molar-refractivity contribution >= 4 is 40.2 Å². The van der Waals surface area contributed by atoms with E-state index < -0.39 is 0 Å². The molecule has 3 nitrogen and oxygen atoms in total. The van der Waals surface area contributed by atoms with Gasteiger partial charge in [-0.25, -0.2) is 4.79 Å². The molecule has 0 aromatic heterocycles. The van der Waals surface area contributed by atoms with Crippen LogP contribution >= 0.6 is 23.4 Å². The average Bonchev–Trinajstić information content (AvgIpc) is 3.20. The molecule has 0 aliphatic carbocycles. The van der Waals surface area contributed by atoms with Gasteiger partial charge in [0.25, 0.3) is 0 Å². The summed E-state index contributed by atoms with van der Waals surface area (Å²) in [6, 6.07) is 22.4. The third-order valence-corrected chi connectivity index (χ3v) is 6.41. The molecule has 0 bridgehead atoms. The second-order valence-corrected chi connectivity index (χ2v) is 8.52. The number of nitrogens with zero attached hydrogens (tertiary/aromatic N) is 1. The highest BCUT2D eigenvalue weighted by molar-refractivity contribution is 7.99. The third kappa shape index (κ3) is 4.62. The fourth-order valence-corrected chi connectivity index (χ4v) is 4.81. The van der Waals surface area contributed by atoms with Crippen LogP contribution in [-0.2, 0) is 11.3 Å². The van der Waals surface area contributed by atoms with Crippen LogP contribution in [0.25, 0.3) is 10.8 Å². The van der Waals surface area contributed by atoms with Crippen LogP contribution < -0.4 is 0 Å². The number of likely N-dealkylation sites (tertiary alicyclic amines) is 1. The monoisotopic (exact) mass is 411 g/mol. The summed E-state index contributed by atoms with van der Waals surface area (Å²) < 4.78 is 5.53. The number of carbonyl (C=O) groups excluding carboxylic acids is 1. The minimum atomic E-state index is -0.208. The van der Waals surface area contributed by atoms with Gasteiger partial charge in [-0.2, -0.15) is 0 Å². The van der Waals surface area contributed by atoms with E-state index in [2.05, 4.69) is 18.2 Å². The van der Waals surface area contributed by atoms with Crippen molar-refractivity contribution in [2.45, 2.75) is 30.4 Å². The number of fused-ring (bicyclic) bond motifs is 1. The van der Waals surface area contributed by atoms with E-state index >= 15 is 0 Å². The number of halogens is 1. The molecule has 1 aliphatic rings. The molecule has 28 heavy (non-hydrogen) atoms. The van der Waals surface area contributed by atoms with Crippen LogP contribution in [-0.4, -0.2) is 29.3 Å². The molecule has 1 saturated heterocycles. The van der Waals surface area contributed by atoms with Gasteiger partial charge in [0.15, 0.2) is 0 Å². The van der Waals surface area contributed by atoms with Crippen LogP contribution in [0.4, 0.5) is 4.79 Å². The van der Waals surface area contributed by atoms with Crippen molar-refractivity contribution in [3.8, 4) is 0 Å². The van der Waals surface area contributed by atoms with Gasteiger partial charge >= 0.3 is 6.09 Å². The first kappa shape index (κ1) is 19.2. The molecule has 0 spiro atoms. The van der Waals surface area contributed by atoms with Gasteiger partial charge in [0, 0.05) is 28.3 Å². The number of ether oxygens (including phenoxy) is 1. The lowest BCUT2D eigenvalue weighted by Gasteiger charge is -2.24. The van der Waals surface area contributed by atoms with Crippen molar-refractivity contribution < 1.29 is 9.53 Å². The molecule has 3 aromatic carbocycles. The quantitative estimate of drug-likeness (QED) is 0.456. The molecule has 1 unspecified atom stereocenters. The molecule has 1 atom stereocenters. The van der Waals surface area contributed by atoms with E-state index in [1.54, 1.807) is 11.8 Å². The summed E-state index contributed by atoms with van der Waals surface area (Å²) in [6.07, 6.45) is 1.85. The molecule has 5 heteroatoms. The Balaban J connectivity index is 1.34. The number of hydrogen-bond acceptors (Lipinski definition) is 3. The maximum Gasteiger partial charge on any atom is 0.410 e. The zero-order valence-electron chi connectivity index (χ0n) is 15.5. The molecule has 0 radical (unpaired) electrons. The highest BCUT2D eigenvalue weighted by Crippen LogP contribution is 2.29. The third-order valence-electron chi connectivity index (χ3n) is 5.03. The van der Waals surface area contributed by atoms with Crippen LogP contribution in [0.15, 0.2) is 71.6 Å². The van der Waals surface area contributed by atoms with E-state index in [9.17, 15) is 4.79 Å². The van der Waals surface area contributed by atoms with Gasteiger partial charge in [0.1, 0.15) is 6.61 Å². The first-order valence-corrected chi connectivity index (χ1v) is 10.8. The van der Waals surface area contributed by atoms with Gasteiger partial charge in [-0.05, 0) is 53.4 Å². The molecule has 1 fully saturated rings. The number of benzene rings is 3. The zero-order valence-corrected chi connectivity index (χ0v) is 17.1. The molecular weight excluding hydrogens is 390 g/mol.